The molecule has 2 aromatic rings. The largest absolute Gasteiger partial charge is 0.497 e. The third-order valence-electron chi connectivity index (χ3n) is 8.01. The van der Waals surface area contributed by atoms with Crippen LogP contribution < -0.4 is 15.0 Å². The van der Waals surface area contributed by atoms with Gasteiger partial charge in [-0.2, -0.15) is 0 Å². The van der Waals surface area contributed by atoms with Crippen LogP contribution in [0.15, 0.2) is 30.3 Å². The van der Waals surface area contributed by atoms with Crippen LogP contribution in [0.3, 0.4) is 0 Å². The highest BCUT2D eigenvalue weighted by molar-refractivity contribution is 6.37. The van der Waals surface area contributed by atoms with Crippen LogP contribution in [0.25, 0.3) is 0 Å². The van der Waals surface area contributed by atoms with E-state index >= 15 is 0 Å². The molecule has 2 amide bonds. The highest BCUT2D eigenvalue weighted by Crippen LogP contribution is 2.64. The summed E-state index contributed by atoms with van der Waals surface area (Å²) in [6, 6.07) is 7.93. The van der Waals surface area contributed by atoms with Gasteiger partial charge < -0.3 is 15.2 Å². The van der Waals surface area contributed by atoms with Crippen molar-refractivity contribution >= 4 is 58.0 Å². The first-order valence-electron chi connectivity index (χ1n) is 11.4. The topological polar surface area (TPSA) is 82.1 Å². The molecule has 7 nitrogen and oxygen atoms in total. The molecule has 0 radical (unpaired) electrons. The summed E-state index contributed by atoms with van der Waals surface area (Å²) in [6.07, 6.45) is -0.455. The van der Waals surface area contributed by atoms with Gasteiger partial charge in [-0.25, -0.2) is 4.90 Å². The van der Waals surface area contributed by atoms with E-state index in [4.69, 9.17) is 39.5 Å². The Bertz CT molecular complexity index is 1300. The van der Waals surface area contributed by atoms with Crippen molar-refractivity contribution < 1.29 is 19.4 Å². The van der Waals surface area contributed by atoms with Crippen molar-refractivity contribution in [2.75, 3.05) is 23.9 Å². The van der Waals surface area contributed by atoms with Crippen molar-refractivity contribution in [3.63, 3.8) is 0 Å². The Morgan fingerprint density at radius 1 is 1.06 bits per heavy atom. The number of anilines is 2. The number of halogens is 3. The molecule has 4 aliphatic heterocycles. The number of fused-ring (bicyclic) bond motifs is 7. The second-order valence-corrected chi connectivity index (χ2v) is 11.9. The molecule has 35 heavy (non-hydrogen) atoms. The first-order chi connectivity index (χ1) is 16.5. The summed E-state index contributed by atoms with van der Waals surface area (Å²) in [4.78, 5) is 31.5. The number of carbonyl (C=O) groups is 2. The zero-order valence-electron chi connectivity index (χ0n) is 19.3. The van der Waals surface area contributed by atoms with Gasteiger partial charge in [-0.3, -0.25) is 14.5 Å². The molecule has 0 saturated carbocycles. The van der Waals surface area contributed by atoms with Crippen LogP contribution in [0.4, 0.5) is 11.4 Å². The standard InChI is InChI=1S/C25H24Cl3N3O4/c1-24(2)9-17-18-19(22(33)31(21(18)32)13-4-11(26)5-14(8-13)35-3)25(30(17)10-24)15-6-12(27)7-16(28)20(15)29-23(25)34/h4-8,17-19,23,29,34H,9-10H2,1-3H3. The predicted octanol–water partition coefficient (Wildman–Crippen LogP) is 4.51. The van der Waals surface area contributed by atoms with Crippen LogP contribution in [-0.2, 0) is 15.1 Å². The second kappa shape index (κ2) is 7.49. The highest BCUT2D eigenvalue weighted by atomic mass is 35.5. The Morgan fingerprint density at radius 3 is 2.49 bits per heavy atom. The molecule has 1 spiro atoms. The molecule has 2 aromatic carbocycles. The number of nitrogens with zero attached hydrogens (tertiary/aromatic N) is 2. The van der Waals surface area contributed by atoms with Crippen molar-refractivity contribution in [2.45, 2.75) is 38.1 Å². The molecule has 4 aliphatic rings. The van der Waals surface area contributed by atoms with Gasteiger partial charge in [0.1, 0.15) is 17.5 Å². The molecule has 6 rings (SSSR count). The van der Waals surface area contributed by atoms with Crippen LogP contribution in [0.1, 0.15) is 25.8 Å². The van der Waals surface area contributed by atoms with E-state index in [-0.39, 0.29) is 23.3 Å². The molecule has 10 heteroatoms. The van der Waals surface area contributed by atoms with Crippen molar-refractivity contribution in [2.24, 2.45) is 17.3 Å². The molecule has 3 fully saturated rings. The van der Waals surface area contributed by atoms with E-state index < -0.39 is 23.6 Å². The van der Waals surface area contributed by atoms with E-state index in [9.17, 15) is 14.7 Å². The average Bonchev–Trinajstić information content (AvgIpc) is 3.41. The van der Waals surface area contributed by atoms with E-state index in [1.54, 1.807) is 30.3 Å². The van der Waals surface area contributed by atoms with Crippen LogP contribution in [0, 0.1) is 17.3 Å². The van der Waals surface area contributed by atoms with E-state index in [1.807, 2.05) is 0 Å². The maximum Gasteiger partial charge on any atom is 0.240 e. The number of methoxy groups -OCH3 is 1. The maximum absolute atomic E-state index is 14.2. The molecule has 5 unspecified atom stereocenters. The number of imide groups is 1. The minimum absolute atomic E-state index is 0.122. The SMILES string of the molecule is COc1cc(Cl)cc(N2C(=O)C3C4CC(C)(C)CN4C4(c5cc(Cl)cc(Cl)c5NC4O)C3C2=O)c1. The Balaban J connectivity index is 1.57. The summed E-state index contributed by atoms with van der Waals surface area (Å²) in [5, 5.41) is 15.8. The minimum Gasteiger partial charge on any atom is -0.497 e. The first-order valence-corrected chi connectivity index (χ1v) is 12.6. The lowest BCUT2D eigenvalue weighted by molar-refractivity contribution is -0.127. The summed E-state index contributed by atoms with van der Waals surface area (Å²) in [5.74, 6) is -1.73. The highest BCUT2D eigenvalue weighted by Gasteiger charge is 2.75. The lowest BCUT2D eigenvalue weighted by Gasteiger charge is -2.41. The molecule has 3 saturated heterocycles. The van der Waals surface area contributed by atoms with Crippen molar-refractivity contribution in [3.05, 3.63) is 51.0 Å². The normalized spacial score (nSPS) is 32.7. The minimum atomic E-state index is -1.20. The number of hydrogen-bond donors (Lipinski definition) is 2. The van der Waals surface area contributed by atoms with E-state index in [0.717, 1.165) is 0 Å². The van der Waals surface area contributed by atoms with Gasteiger partial charge >= 0.3 is 0 Å². The van der Waals surface area contributed by atoms with Crippen LogP contribution in [0.2, 0.25) is 15.1 Å². The third-order valence-corrected chi connectivity index (χ3v) is 8.74. The Labute approximate surface area is 217 Å². The lowest BCUT2D eigenvalue weighted by Crippen LogP contribution is -2.56. The van der Waals surface area contributed by atoms with E-state index in [0.29, 0.717) is 50.7 Å². The van der Waals surface area contributed by atoms with E-state index in [1.165, 1.54) is 12.0 Å². The number of hydrogen-bond acceptors (Lipinski definition) is 6. The van der Waals surface area contributed by atoms with Gasteiger partial charge in [-0.1, -0.05) is 48.7 Å². The summed E-state index contributed by atoms with van der Waals surface area (Å²) >= 11 is 19.2. The Morgan fingerprint density at radius 2 is 1.77 bits per heavy atom. The fourth-order valence-corrected chi connectivity index (χ4v) is 7.66. The van der Waals surface area contributed by atoms with Crippen LogP contribution in [0.5, 0.6) is 5.75 Å². The quantitative estimate of drug-likeness (QED) is 0.550. The van der Waals surface area contributed by atoms with Gasteiger partial charge in [0.25, 0.3) is 0 Å². The fraction of sp³-hybridized carbons (Fsp3) is 0.440. The molecule has 0 aliphatic carbocycles. The summed E-state index contributed by atoms with van der Waals surface area (Å²) in [7, 11) is 1.50. The van der Waals surface area contributed by atoms with Gasteiger partial charge in [-0.05, 0) is 36.1 Å². The summed E-state index contributed by atoms with van der Waals surface area (Å²) in [5.41, 5.74) is 0.211. The number of nitrogens with one attached hydrogen (secondary N) is 1. The van der Waals surface area contributed by atoms with Gasteiger partial charge in [-0.15, -0.1) is 0 Å². The smallest absolute Gasteiger partial charge is 0.240 e. The summed E-state index contributed by atoms with van der Waals surface area (Å²) < 4.78 is 5.32. The molecule has 5 atom stereocenters. The molecule has 0 bridgehead atoms. The molecule has 184 valence electrons. The molecular weight excluding hydrogens is 513 g/mol. The number of benzene rings is 2. The fourth-order valence-electron chi connectivity index (χ4n) is 6.89. The van der Waals surface area contributed by atoms with E-state index in [2.05, 4.69) is 24.1 Å². The summed E-state index contributed by atoms with van der Waals surface area (Å²) in [6.45, 7) is 4.88. The zero-order chi connectivity index (χ0) is 25.0. The molecular formula is C25H24Cl3N3O4. The number of amides is 2. The lowest BCUT2D eigenvalue weighted by atomic mass is 9.73. The maximum atomic E-state index is 14.2. The predicted molar refractivity (Wildman–Crippen MR) is 134 cm³/mol. The van der Waals surface area contributed by atoms with Gasteiger partial charge in [0.2, 0.25) is 11.8 Å². The van der Waals surface area contributed by atoms with Crippen molar-refractivity contribution in [1.29, 1.82) is 0 Å². The molecule has 4 heterocycles. The Kier molecular flexibility index (Phi) is 5.00. The number of carbonyl (C=O) groups excluding carboxylic acids is 2. The first kappa shape index (κ1) is 23.4. The number of ether oxygens (including phenoxy) is 1. The molecule has 2 N–H and O–H groups in total. The number of aliphatic hydroxyl groups excluding tert-OH is 1. The van der Waals surface area contributed by atoms with Crippen molar-refractivity contribution in [3.8, 4) is 5.75 Å². The van der Waals surface area contributed by atoms with Crippen LogP contribution in [-0.4, -0.2) is 47.7 Å². The number of rotatable bonds is 2. The average molecular weight is 537 g/mol. The van der Waals surface area contributed by atoms with Gasteiger partial charge in [0.15, 0.2) is 0 Å². The van der Waals surface area contributed by atoms with Gasteiger partial charge in [0.05, 0.1) is 35.3 Å². The third kappa shape index (κ3) is 2.99. The second-order valence-electron chi connectivity index (χ2n) is 10.6. The number of aliphatic hydroxyl groups is 1. The van der Waals surface area contributed by atoms with Crippen molar-refractivity contribution in [1.82, 2.24) is 4.90 Å². The monoisotopic (exact) mass is 535 g/mol. The molecule has 0 aromatic heterocycles. The van der Waals surface area contributed by atoms with Gasteiger partial charge in [0, 0.05) is 34.3 Å². The van der Waals surface area contributed by atoms with Crippen LogP contribution >= 0.6 is 34.8 Å². The Hall–Kier alpha value is -2.03. The zero-order valence-corrected chi connectivity index (χ0v) is 21.6.